The fraction of sp³-hybridized carbons (Fsp3) is 0.217. The van der Waals surface area contributed by atoms with Crippen molar-refractivity contribution in [2.24, 2.45) is 5.73 Å². The largest absolute Gasteiger partial charge is 0.369 e. The first-order valence-corrected chi connectivity index (χ1v) is 11.3. The quantitative estimate of drug-likeness (QED) is 0.400. The van der Waals surface area contributed by atoms with E-state index >= 15 is 0 Å². The number of nitrogens with one attached hydrogen (secondary N) is 2. The van der Waals surface area contributed by atoms with Gasteiger partial charge in [0.25, 0.3) is 0 Å². The van der Waals surface area contributed by atoms with Gasteiger partial charge < -0.3 is 16.4 Å². The van der Waals surface area contributed by atoms with E-state index in [9.17, 15) is 4.79 Å². The highest BCUT2D eigenvalue weighted by Gasteiger charge is 2.24. The van der Waals surface area contributed by atoms with Crippen LogP contribution in [-0.4, -0.2) is 51.4 Å². The number of fused-ring (bicyclic) bond motifs is 1. The summed E-state index contributed by atoms with van der Waals surface area (Å²) in [4.78, 5) is 27.4. The Bertz CT molecular complexity index is 1240. The lowest BCUT2D eigenvalue weighted by Crippen LogP contribution is -2.33. The molecule has 4 heterocycles. The topological polar surface area (TPSA) is 109 Å². The number of thiophene rings is 1. The van der Waals surface area contributed by atoms with Crippen molar-refractivity contribution in [2.45, 2.75) is 12.5 Å². The maximum Gasteiger partial charge on any atom is 0.231 e. The molecule has 0 aliphatic carbocycles. The Morgan fingerprint density at radius 3 is 2.91 bits per heavy atom. The summed E-state index contributed by atoms with van der Waals surface area (Å²) in [5.74, 6) is 1.90. The molecule has 0 bridgehead atoms. The molecule has 0 radical (unpaired) electrons. The predicted octanol–water partition coefficient (Wildman–Crippen LogP) is 3.47. The van der Waals surface area contributed by atoms with Crippen LogP contribution in [0.2, 0.25) is 0 Å². The Hall–Kier alpha value is -3.56. The van der Waals surface area contributed by atoms with Gasteiger partial charge in [0.1, 0.15) is 11.6 Å². The van der Waals surface area contributed by atoms with Crippen molar-refractivity contribution in [3.8, 4) is 11.4 Å². The zero-order chi connectivity index (χ0) is 21.9. The van der Waals surface area contributed by atoms with Crippen molar-refractivity contribution in [1.82, 2.24) is 19.9 Å². The summed E-state index contributed by atoms with van der Waals surface area (Å²) in [5.41, 5.74) is 8.11. The highest BCUT2D eigenvalue weighted by atomic mass is 32.1. The highest BCUT2D eigenvalue weighted by Crippen LogP contribution is 2.31. The van der Waals surface area contributed by atoms with Gasteiger partial charge in [0.05, 0.1) is 16.8 Å². The number of nitrogens with zero attached hydrogens (tertiary/aromatic N) is 4. The number of hydrogen-bond donors (Lipinski definition) is 3. The molecular formula is C23H23N7OS. The van der Waals surface area contributed by atoms with E-state index in [1.807, 2.05) is 53.9 Å². The average Bonchev–Trinajstić information content (AvgIpc) is 3.44. The Labute approximate surface area is 189 Å². The number of carbonyl (C=O) groups excluding carboxylic acids is 1. The van der Waals surface area contributed by atoms with E-state index in [0.29, 0.717) is 5.82 Å². The van der Waals surface area contributed by atoms with Gasteiger partial charge in [-0.25, -0.2) is 15.0 Å². The van der Waals surface area contributed by atoms with Crippen LogP contribution < -0.4 is 16.4 Å². The first-order chi connectivity index (χ1) is 15.6. The number of carbonyl (C=O) groups is 1. The van der Waals surface area contributed by atoms with E-state index in [2.05, 4.69) is 20.5 Å². The first-order valence-electron chi connectivity index (χ1n) is 10.4. The third-order valence-corrected chi connectivity index (χ3v) is 6.27. The number of amides is 1. The summed E-state index contributed by atoms with van der Waals surface area (Å²) in [7, 11) is 0. The Balaban J connectivity index is 1.41. The maximum atomic E-state index is 11.2. The number of rotatable bonds is 7. The lowest BCUT2D eigenvalue weighted by molar-refractivity contribution is -0.118. The van der Waals surface area contributed by atoms with Crippen molar-refractivity contribution >= 4 is 44.8 Å². The van der Waals surface area contributed by atoms with Crippen LogP contribution in [0.1, 0.15) is 6.42 Å². The molecular weight excluding hydrogens is 422 g/mol. The van der Waals surface area contributed by atoms with Crippen molar-refractivity contribution < 1.29 is 4.79 Å². The van der Waals surface area contributed by atoms with Crippen LogP contribution >= 0.6 is 11.3 Å². The molecule has 1 saturated heterocycles. The van der Waals surface area contributed by atoms with Crippen molar-refractivity contribution in [2.75, 3.05) is 30.3 Å². The molecule has 32 heavy (non-hydrogen) atoms. The van der Waals surface area contributed by atoms with E-state index in [-0.39, 0.29) is 18.5 Å². The number of primary amides is 1. The number of anilines is 3. The fourth-order valence-corrected chi connectivity index (χ4v) is 4.69. The van der Waals surface area contributed by atoms with Crippen LogP contribution in [-0.2, 0) is 4.79 Å². The van der Waals surface area contributed by atoms with Gasteiger partial charge in [0.15, 0.2) is 5.82 Å². The van der Waals surface area contributed by atoms with Crippen LogP contribution in [0.4, 0.5) is 17.3 Å². The van der Waals surface area contributed by atoms with Crippen molar-refractivity contribution in [3.63, 3.8) is 0 Å². The fourth-order valence-electron chi connectivity index (χ4n) is 3.91. The predicted molar refractivity (Wildman–Crippen MR) is 128 cm³/mol. The van der Waals surface area contributed by atoms with E-state index in [1.54, 1.807) is 17.5 Å². The molecule has 5 rings (SSSR count). The molecule has 162 valence electrons. The summed E-state index contributed by atoms with van der Waals surface area (Å²) in [6.07, 6.45) is 2.69. The minimum Gasteiger partial charge on any atom is -0.369 e. The number of nitrogens with two attached hydrogens (primary N) is 1. The van der Waals surface area contributed by atoms with E-state index < -0.39 is 0 Å². The highest BCUT2D eigenvalue weighted by molar-refractivity contribution is 7.17. The molecule has 1 unspecified atom stereocenters. The lowest BCUT2D eigenvalue weighted by Gasteiger charge is -2.16. The summed E-state index contributed by atoms with van der Waals surface area (Å²) >= 11 is 1.62. The second kappa shape index (κ2) is 8.89. The molecule has 8 nitrogen and oxygen atoms in total. The molecule has 4 N–H and O–H groups in total. The second-order valence-corrected chi connectivity index (χ2v) is 8.70. The average molecular weight is 446 g/mol. The summed E-state index contributed by atoms with van der Waals surface area (Å²) < 4.78 is 1.03. The molecule has 0 saturated carbocycles. The van der Waals surface area contributed by atoms with Gasteiger partial charge in [0, 0.05) is 36.6 Å². The minimum atomic E-state index is -0.298. The number of hydrogen-bond acceptors (Lipinski definition) is 8. The Morgan fingerprint density at radius 2 is 2.06 bits per heavy atom. The molecule has 1 aliphatic rings. The van der Waals surface area contributed by atoms with Crippen molar-refractivity contribution in [1.29, 1.82) is 0 Å². The van der Waals surface area contributed by atoms with Gasteiger partial charge in [-0.1, -0.05) is 18.2 Å². The first kappa shape index (κ1) is 20.3. The van der Waals surface area contributed by atoms with Crippen molar-refractivity contribution in [3.05, 3.63) is 60.1 Å². The molecule has 3 aromatic heterocycles. The number of para-hydroxylation sites is 1. The standard InChI is InChI=1S/C23H23N7OS/c24-19(31)14-30-10-7-17(13-30)27-23-21-18(8-11-32-21)28-22(29-23)15-6-9-25-20(12-15)26-16-4-2-1-3-5-16/h1-6,8-9,11-12,17H,7,10,13-14H2,(H2,24,31)(H,25,26)(H,27,28,29). The van der Waals surface area contributed by atoms with E-state index in [4.69, 9.17) is 15.7 Å². The summed E-state index contributed by atoms with van der Waals surface area (Å²) in [5, 5.41) is 8.91. The van der Waals surface area contributed by atoms with E-state index in [0.717, 1.165) is 52.6 Å². The minimum absolute atomic E-state index is 0.204. The third-order valence-electron chi connectivity index (χ3n) is 5.36. The van der Waals surface area contributed by atoms with Gasteiger partial charge in [-0.3, -0.25) is 9.69 Å². The third kappa shape index (κ3) is 4.53. The molecule has 1 aliphatic heterocycles. The molecule has 1 amide bonds. The van der Waals surface area contributed by atoms with Gasteiger partial charge >= 0.3 is 0 Å². The van der Waals surface area contributed by atoms with Gasteiger partial charge in [-0.15, -0.1) is 11.3 Å². The number of likely N-dealkylation sites (tertiary alicyclic amines) is 1. The van der Waals surface area contributed by atoms with Crippen LogP contribution in [0.15, 0.2) is 60.1 Å². The monoisotopic (exact) mass is 445 g/mol. The van der Waals surface area contributed by atoms with E-state index in [1.165, 1.54) is 0 Å². The van der Waals surface area contributed by atoms with Crippen LogP contribution in [0.5, 0.6) is 0 Å². The number of benzene rings is 1. The molecule has 9 heteroatoms. The van der Waals surface area contributed by atoms with Gasteiger partial charge in [-0.2, -0.15) is 0 Å². The second-order valence-electron chi connectivity index (χ2n) is 7.78. The Kier molecular flexibility index (Phi) is 5.66. The maximum absolute atomic E-state index is 11.2. The number of aromatic nitrogens is 3. The molecule has 4 aromatic rings. The molecule has 1 aromatic carbocycles. The summed E-state index contributed by atoms with van der Waals surface area (Å²) in [6, 6.07) is 16.0. The number of pyridine rings is 1. The molecule has 1 atom stereocenters. The normalized spacial score (nSPS) is 16.3. The van der Waals surface area contributed by atoms with Crippen LogP contribution in [0, 0.1) is 0 Å². The summed E-state index contributed by atoms with van der Waals surface area (Å²) in [6.45, 7) is 1.89. The van der Waals surface area contributed by atoms with Gasteiger partial charge in [-0.05, 0) is 42.1 Å². The zero-order valence-corrected chi connectivity index (χ0v) is 18.2. The Morgan fingerprint density at radius 1 is 1.19 bits per heavy atom. The van der Waals surface area contributed by atoms with Crippen LogP contribution in [0.3, 0.4) is 0 Å². The van der Waals surface area contributed by atoms with Gasteiger partial charge in [0.2, 0.25) is 5.91 Å². The smallest absolute Gasteiger partial charge is 0.231 e. The lowest BCUT2D eigenvalue weighted by atomic mass is 10.2. The van der Waals surface area contributed by atoms with Crippen LogP contribution in [0.25, 0.3) is 21.6 Å². The molecule has 1 fully saturated rings. The zero-order valence-electron chi connectivity index (χ0n) is 17.4. The SMILES string of the molecule is NC(=O)CN1CCC(Nc2nc(-c3ccnc(Nc4ccccc4)c3)nc3ccsc23)C1. The molecule has 0 spiro atoms.